The van der Waals surface area contributed by atoms with Gasteiger partial charge in [0.15, 0.2) is 0 Å². The smallest absolute Gasteiger partial charge is 0.407 e. The Morgan fingerprint density at radius 3 is 2.43 bits per heavy atom. The maximum atomic E-state index is 12.2. The third kappa shape index (κ3) is 2.13. The summed E-state index contributed by atoms with van der Waals surface area (Å²) in [7, 11) is 0. The zero-order chi connectivity index (χ0) is 10.9. The second kappa shape index (κ2) is 3.70. The first-order chi connectivity index (χ1) is 6.34. The van der Waals surface area contributed by atoms with Gasteiger partial charge < -0.3 is 10.8 Å². The van der Waals surface area contributed by atoms with Crippen LogP contribution < -0.4 is 5.73 Å². The predicted octanol–water partition coefficient (Wildman–Crippen LogP) is 2.24. The lowest BCUT2D eigenvalue weighted by molar-refractivity contribution is -0.149. The molecule has 0 aromatic heterocycles. The number of halogens is 3. The van der Waals surface area contributed by atoms with Crippen LogP contribution in [0.1, 0.15) is 11.6 Å². The Kier molecular flexibility index (Phi) is 2.96. The van der Waals surface area contributed by atoms with Crippen molar-refractivity contribution in [1.29, 1.82) is 0 Å². The van der Waals surface area contributed by atoms with Gasteiger partial charge in [-0.1, -0.05) is 12.1 Å². The summed E-state index contributed by atoms with van der Waals surface area (Å²) in [6.07, 6.45) is -4.57. The molecule has 1 aromatic carbocycles. The lowest BCUT2D eigenvalue weighted by atomic mass is 10.1. The number of phenols is 1. The minimum atomic E-state index is -4.57. The highest BCUT2D eigenvalue weighted by molar-refractivity contribution is 7.80. The molecule has 78 valence electrons. The largest absolute Gasteiger partial charge is 0.506 e. The molecule has 0 saturated carbocycles. The summed E-state index contributed by atoms with van der Waals surface area (Å²) in [5.74, 6) is -0.527. The Labute approximate surface area is 83.9 Å². The van der Waals surface area contributed by atoms with Gasteiger partial charge in [-0.2, -0.15) is 13.2 Å². The number of thiol groups is 1. The van der Waals surface area contributed by atoms with Gasteiger partial charge in [0.1, 0.15) is 11.8 Å². The number of aromatic hydroxyl groups is 1. The Hall–Kier alpha value is -0.880. The SMILES string of the molecule is N[C@@H](c1cccc(S)c1O)C(F)(F)F. The van der Waals surface area contributed by atoms with E-state index in [0.717, 1.165) is 6.07 Å². The molecule has 0 heterocycles. The molecule has 0 bridgehead atoms. The molecule has 0 amide bonds. The normalized spacial score (nSPS) is 14.1. The maximum Gasteiger partial charge on any atom is 0.407 e. The van der Waals surface area contributed by atoms with E-state index in [4.69, 9.17) is 5.73 Å². The molecule has 0 saturated heterocycles. The van der Waals surface area contributed by atoms with E-state index in [2.05, 4.69) is 12.6 Å². The van der Waals surface area contributed by atoms with Crippen LogP contribution in [-0.4, -0.2) is 11.3 Å². The number of nitrogens with two attached hydrogens (primary N) is 1. The summed E-state index contributed by atoms with van der Waals surface area (Å²) >= 11 is 3.78. The molecule has 3 N–H and O–H groups in total. The number of hydrogen-bond acceptors (Lipinski definition) is 3. The monoisotopic (exact) mass is 223 g/mol. The van der Waals surface area contributed by atoms with E-state index in [1.807, 2.05) is 0 Å². The van der Waals surface area contributed by atoms with Crippen LogP contribution in [0.5, 0.6) is 5.75 Å². The Bertz CT molecular complexity index is 340. The highest BCUT2D eigenvalue weighted by Crippen LogP contribution is 2.37. The van der Waals surface area contributed by atoms with E-state index in [1.165, 1.54) is 12.1 Å². The molecule has 1 rings (SSSR count). The van der Waals surface area contributed by atoms with Crippen LogP contribution >= 0.6 is 12.6 Å². The number of benzene rings is 1. The van der Waals surface area contributed by atoms with Gasteiger partial charge in [-0.05, 0) is 6.07 Å². The molecule has 0 aliphatic heterocycles. The van der Waals surface area contributed by atoms with Crippen LogP contribution in [-0.2, 0) is 0 Å². The summed E-state index contributed by atoms with van der Waals surface area (Å²) in [4.78, 5) is 0.0715. The summed E-state index contributed by atoms with van der Waals surface area (Å²) in [6.45, 7) is 0. The second-order valence-electron chi connectivity index (χ2n) is 2.73. The number of para-hydroxylation sites is 1. The molecule has 1 aromatic rings. The molecular weight excluding hydrogens is 215 g/mol. The van der Waals surface area contributed by atoms with Gasteiger partial charge in [0, 0.05) is 10.5 Å². The fraction of sp³-hybridized carbons (Fsp3) is 0.250. The summed E-state index contributed by atoms with van der Waals surface area (Å²) < 4.78 is 36.6. The first-order valence-electron chi connectivity index (χ1n) is 3.67. The van der Waals surface area contributed by atoms with E-state index >= 15 is 0 Å². The Morgan fingerprint density at radius 2 is 1.93 bits per heavy atom. The molecule has 0 spiro atoms. The standard InChI is InChI=1S/C8H8F3NOS/c9-8(10,11)7(12)4-2-1-3-5(14)6(4)13/h1-3,7,13-14H,12H2/t7-/m0/s1. The van der Waals surface area contributed by atoms with Crippen LogP contribution in [0.15, 0.2) is 23.1 Å². The van der Waals surface area contributed by atoms with E-state index in [9.17, 15) is 18.3 Å². The van der Waals surface area contributed by atoms with Crippen LogP contribution in [0.2, 0.25) is 0 Å². The summed E-state index contributed by atoms with van der Waals surface area (Å²) in [5, 5.41) is 9.27. The van der Waals surface area contributed by atoms with Crippen LogP contribution in [0.4, 0.5) is 13.2 Å². The number of phenolic OH excluding ortho intramolecular Hbond substituents is 1. The minimum Gasteiger partial charge on any atom is -0.506 e. The van der Waals surface area contributed by atoms with Gasteiger partial charge in [-0.3, -0.25) is 0 Å². The molecule has 0 unspecified atom stereocenters. The fourth-order valence-corrected chi connectivity index (χ4v) is 1.19. The molecule has 6 heteroatoms. The first kappa shape index (κ1) is 11.2. The Balaban J connectivity index is 3.14. The number of alkyl halides is 3. The van der Waals surface area contributed by atoms with Gasteiger partial charge in [0.2, 0.25) is 0 Å². The van der Waals surface area contributed by atoms with Crippen molar-refractivity contribution in [1.82, 2.24) is 0 Å². The molecule has 1 atom stereocenters. The maximum absolute atomic E-state index is 12.2. The predicted molar refractivity (Wildman–Crippen MR) is 48.3 cm³/mol. The van der Waals surface area contributed by atoms with Crippen LogP contribution in [0.3, 0.4) is 0 Å². The van der Waals surface area contributed by atoms with Crippen molar-refractivity contribution in [2.24, 2.45) is 5.73 Å². The average molecular weight is 223 g/mol. The highest BCUT2D eigenvalue weighted by atomic mass is 32.1. The lowest BCUT2D eigenvalue weighted by Gasteiger charge is -2.17. The van der Waals surface area contributed by atoms with E-state index < -0.39 is 18.0 Å². The van der Waals surface area contributed by atoms with Gasteiger partial charge in [-0.25, -0.2) is 0 Å². The van der Waals surface area contributed by atoms with Crippen molar-refractivity contribution in [3.8, 4) is 5.75 Å². The molecule has 2 nitrogen and oxygen atoms in total. The van der Waals surface area contributed by atoms with Crippen molar-refractivity contribution in [3.63, 3.8) is 0 Å². The van der Waals surface area contributed by atoms with E-state index in [-0.39, 0.29) is 10.5 Å². The van der Waals surface area contributed by atoms with Crippen molar-refractivity contribution in [2.45, 2.75) is 17.1 Å². The quantitative estimate of drug-likeness (QED) is 0.639. The van der Waals surface area contributed by atoms with Crippen molar-refractivity contribution < 1.29 is 18.3 Å². The van der Waals surface area contributed by atoms with E-state index in [0.29, 0.717) is 0 Å². The molecule has 0 radical (unpaired) electrons. The van der Waals surface area contributed by atoms with Gasteiger partial charge in [0.25, 0.3) is 0 Å². The van der Waals surface area contributed by atoms with Gasteiger partial charge >= 0.3 is 6.18 Å². The zero-order valence-corrected chi connectivity index (χ0v) is 7.81. The highest BCUT2D eigenvalue weighted by Gasteiger charge is 2.39. The number of rotatable bonds is 1. The van der Waals surface area contributed by atoms with Crippen LogP contribution in [0.25, 0.3) is 0 Å². The fourth-order valence-electron chi connectivity index (χ4n) is 0.976. The number of hydrogen-bond donors (Lipinski definition) is 3. The molecule has 14 heavy (non-hydrogen) atoms. The summed E-state index contributed by atoms with van der Waals surface area (Å²) in [5.41, 5.74) is 4.55. The minimum absolute atomic E-state index is 0.0715. The lowest BCUT2D eigenvalue weighted by Crippen LogP contribution is -2.28. The molecule has 0 fully saturated rings. The molecule has 0 aliphatic carbocycles. The van der Waals surface area contributed by atoms with Crippen molar-refractivity contribution in [3.05, 3.63) is 23.8 Å². The first-order valence-corrected chi connectivity index (χ1v) is 4.12. The Morgan fingerprint density at radius 1 is 1.36 bits per heavy atom. The topological polar surface area (TPSA) is 46.2 Å². The van der Waals surface area contributed by atoms with E-state index in [1.54, 1.807) is 0 Å². The summed E-state index contributed by atoms with van der Waals surface area (Å²) in [6, 6.07) is 1.66. The second-order valence-corrected chi connectivity index (χ2v) is 3.22. The van der Waals surface area contributed by atoms with Crippen LogP contribution in [0, 0.1) is 0 Å². The van der Waals surface area contributed by atoms with Crippen molar-refractivity contribution >= 4 is 12.6 Å². The van der Waals surface area contributed by atoms with Gasteiger partial charge in [0.05, 0.1) is 0 Å². The molecule has 0 aliphatic rings. The zero-order valence-electron chi connectivity index (χ0n) is 6.92. The molecular formula is C8H8F3NOS. The third-order valence-electron chi connectivity index (χ3n) is 1.73. The third-order valence-corrected chi connectivity index (χ3v) is 2.09. The average Bonchev–Trinajstić information content (AvgIpc) is 2.07. The van der Waals surface area contributed by atoms with Gasteiger partial charge in [-0.15, -0.1) is 12.6 Å². The van der Waals surface area contributed by atoms with Crippen molar-refractivity contribution in [2.75, 3.05) is 0 Å².